The van der Waals surface area contributed by atoms with E-state index in [9.17, 15) is 21.6 Å². The molecule has 1 rings (SSSR count). The van der Waals surface area contributed by atoms with Crippen molar-refractivity contribution < 1.29 is 40.0 Å². The monoisotopic (exact) mass is 330 g/mol. The van der Waals surface area contributed by atoms with E-state index in [1.807, 2.05) is 0 Å². The predicted octanol–water partition coefficient (Wildman–Crippen LogP) is 2.08. The minimum Gasteiger partial charge on any atom is -0.496 e. The van der Waals surface area contributed by atoms with E-state index < -0.39 is 22.2 Å². The maximum atomic E-state index is 12.2. The molecule has 10 heteroatoms. The molecule has 0 aromatic heterocycles. The summed E-state index contributed by atoms with van der Waals surface area (Å²) in [5.74, 6) is 0.572. The molecule has 1 aromatic carbocycles. The molecule has 1 aromatic rings. The Labute approximate surface area is 119 Å². The highest BCUT2D eigenvalue weighted by molar-refractivity contribution is 7.87. The van der Waals surface area contributed by atoms with Crippen LogP contribution in [0.4, 0.5) is 13.2 Å². The quantitative estimate of drug-likeness (QED) is 0.587. The standard InChI is InChI=1S/C11H13F3O6S/c1-17-8-5-10(19-3)9(18-2)4-7(8)6-20-21(15,16)11(12,13)14/h4-5H,6H2,1-3H3. The molecular formula is C11H13F3O6S. The molecule has 0 heterocycles. The van der Waals surface area contributed by atoms with Crippen molar-refractivity contribution in [1.82, 2.24) is 0 Å². The lowest BCUT2D eigenvalue weighted by molar-refractivity contribution is -0.0548. The van der Waals surface area contributed by atoms with E-state index in [-0.39, 0.29) is 22.8 Å². The Morgan fingerprint density at radius 1 is 0.952 bits per heavy atom. The average Bonchev–Trinajstić information content (AvgIpc) is 2.42. The predicted molar refractivity (Wildman–Crippen MR) is 65.9 cm³/mol. The van der Waals surface area contributed by atoms with Gasteiger partial charge in [0.05, 0.1) is 27.9 Å². The Kier molecular flexibility index (Phi) is 5.29. The zero-order valence-corrected chi connectivity index (χ0v) is 12.2. The van der Waals surface area contributed by atoms with Crippen molar-refractivity contribution >= 4 is 10.1 Å². The molecule has 0 saturated heterocycles. The maximum absolute atomic E-state index is 12.2. The number of alkyl halides is 3. The summed E-state index contributed by atoms with van der Waals surface area (Å²) in [7, 11) is -1.73. The summed E-state index contributed by atoms with van der Waals surface area (Å²) in [6.07, 6.45) is 0. The molecule has 6 nitrogen and oxygen atoms in total. The molecule has 21 heavy (non-hydrogen) atoms. The van der Waals surface area contributed by atoms with Crippen molar-refractivity contribution in [2.75, 3.05) is 21.3 Å². The third-order valence-corrected chi connectivity index (χ3v) is 3.43. The minimum atomic E-state index is -5.68. The minimum absolute atomic E-state index is 0.0583. The molecule has 0 amide bonds. The van der Waals surface area contributed by atoms with Gasteiger partial charge in [0.1, 0.15) is 5.75 Å². The van der Waals surface area contributed by atoms with Crippen LogP contribution in [0.3, 0.4) is 0 Å². The summed E-state index contributed by atoms with van der Waals surface area (Å²) < 4.78 is 77.2. The van der Waals surface area contributed by atoms with E-state index in [0.717, 1.165) is 0 Å². The summed E-state index contributed by atoms with van der Waals surface area (Å²) in [4.78, 5) is 0. The van der Waals surface area contributed by atoms with Crippen LogP contribution in [0, 0.1) is 0 Å². The largest absolute Gasteiger partial charge is 0.523 e. The highest BCUT2D eigenvalue weighted by Gasteiger charge is 2.47. The van der Waals surface area contributed by atoms with Gasteiger partial charge in [-0.25, -0.2) is 0 Å². The van der Waals surface area contributed by atoms with Gasteiger partial charge in [-0.15, -0.1) is 0 Å². The molecule has 120 valence electrons. The number of hydrogen-bond donors (Lipinski definition) is 0. The van der Waals surface area contributed by atoms with Crippen LogP contribution >= 0.6 is 0 Å². The van der Waals surface area contributed by atoms with Crippen LogP contribution in [0.15, 0.2) is 12.1 Å². The van der Waals surface area contributed by atoms with Gasteiger partial charge >= 0.3 is 15.6 Å². The fourth-order valence-electron chi connectivity index (χ4n) is 1.41. The van der Waals surface area contributed by atoms with Crippen molar-refractivity contribution in [2.24, 2.45) is 0 Å². The fourth-order valence-corrected chi connectivity index (χ4v) is 1.83. The van der Waals surface area contributed by atoms with Gasteiger partial charge in [0.25, 0.3) is 0 Å². The van der Waals surface area contributed by atoms with Crippen molar-refractivity contribution in [3.63, 3.8) is 0 Å². The van der Waals surface area contributed by atoms with Gasteiger partial charge in [-0.05, 0) is 6.07 Å². The number of methoxy groups -OCH3 is 3. The summed E-state index contributed by atoms with van der Waals surface area (Å²) in [5.41, 5.74) is -5.43. The lowest BCUT2D eigenvalue weighted by Gasteiger charge is -2.14. The summed E-state index contributed by atoms with van der Waals surface area (Å²) >= 11 is 0. The number of ether oxygens (including phenoxy) is 3. The first-order valence-electron chi connectivity index (χ1n) is 5.41. The van der Waals surface area contributed by atoms with Crippen molar-refractivity contribution in [1.29, 1.82) is 0 Å². The second-order valence-electron chi connectivity index (χ2n) is 3.68. The van der Waals surface area contributed by atoms with Gasteiger partial charge in [0.15, 0.2) is 11.5 Å². The molecule has 0 fully saturated rings. The Hall–Kier alpha value is -1.68. The Morgan fingerprint density at radius 2 is 1.43 bits per heavy atom. The molecule has 0 saturated carbocycles. The second-order valence-corrected chi connectivity index (χ2v) is 5.29. The highest BCUT2D eigenvalue weighted by Crippen LogP contribution is 2.35. The molecule has 0 bridgehead atoms. The maximum Gasteiger partial charge on any atom is 0.523 e. The molecule has 0 atom stereocenters. The third kappa shape index (κ3) is 3.91. The number of hydrogen-bond acceptors (Lipinski definition) is 6. The molecule has 0 aliphatic rings. The second kappa shape index (κ2) is 6.39. The van der Waals surface area contributed by atoms with Gasteiger partial charge in [0, 0.05) is 11.6 Å². The zero-order chi connectivity index (χ0) is 16.3. The molecular weight excluding hydrogens is 317 g/mol. The summed E-state index contributed by atoms with van der Waals surface area (Å²) in [6.45, 7) is -0.856. The lowest BCUT2D eigenvalue weighted by atomic mass is 10.2. The average molecular weight is 330 g/mol. The van der Waals surface area contributed by atoms with Gasteiger partial charge in [-0.3, -0.25) is 4.18 Å². The normalized spacial score (nSPS) is 12.1. The summed E-state index contributed by atoms with van der Waals surface area (Å²) in [5, 5.41) is 0. The topological polar surface area (TPSA) is 71.1 Å². The number of benzene rings is 1. The third-order valence-electron chi connectivity index (χ3n) is 2.44. The molecule has 0 unspecified atom stereocenters. The van der Waals surface area contributed by atoms with Crippen molar-refractivity contribution in [2.45, 2.75) is 12.1 Å². The van der Waals surface area contributed by atoms with Crippen LogP contribution in [-0.4, -0.2) is 35.3 Å². The Bertz CT molecular complexity index is 597. The lowest BCUT2D eigenvalue weighted by Crippen LogP contribution is -2.25. The first kappa shape index (κ1) is 17.4. The van der Waals surface area contributed by atoms with Gasteiger partial charge in [-0.1, -0.05) is 0 Å². The molecule has 0 spiro atoms. The molecule has 0 N–H and O–H groups in total. The van der Waals surface area contributed by atoms with E-state index in [4.69, 9.17) is 14.2 Å². The SMILES string of the molecule is COc1cc(OC)c(OC)cc1COS(=O)(=O)C(F)(F)F. The van der Waals surface area contributed by atoms with Crippen LogP contribution < -0.4 is 14.2 Å². The molecule has 0 aliphatic carbocycles. The van der Waals surface area contributed by atoms with Crippen LogP contribution in [0.2, 0.25) is 0 Å². The van der Waals surface area contributed by atoms with Crippen molar-refractivity contribution in [3.05, 3.63) is 17.7 Å². The van der Waals surface area contributed by atoms with Crippen LogP contribution in [0.5, 0.6) is 17.2 Å². The van der Waals surface area contributed by atoms with Gasteiger partial charge in [-0.2, -0.15) is 21.6 Å². The van der Waals surface area contributed by atoms with Crippen LogP contribution in [0.1, 0.15) is 5.56 Å². The molecule has 0 radical (unpaired) electrons. The van der Waals surface area contributed by atoms with Crippen LogP contribution in [-0.2, 0) is 20.9 Å². The zero-order valence-electron chi connectivity index (χ0n) is 11.4. The van der Waals surface area contributed by atoms with E-state index in [2.05, 4.69) is 4.18 Å². The number of rotatable bonds is 6. The smallest absolute Gasteiger partial charge is 0.496 e. The Morgan fingerprint density at radius 3 is 1.86 bits per heavy atom. The van der Waals surface area contributed by atoms with E-state index in [0.29, 0.717) is 0 Å². The first-order valence-corrected chi connectivity index (χ1v) is 6.81. The van der Waals surface area contributed by atoms with Gasteiger partial charge in [0.2, 0.25) is 0 Å². The number of halogens is 3. The van der Waals surface area contributed by atoms with E-state index in [1.54, 1.807) is 0 Å². The highest BCUT2D eigenvalue weighted by atomic mass is 32.2. The van der Waals surface area contributed by atoms with E-state index >= 15 is 0 Å². The van der Waals surface area contributed by atoms with Gasteiger partial charge < -0.3 is 14.2 Å². The Balaban J connectivity index is 3.09. The fraction of sp³-hybridized carbons (Fsp3) is 0.455. The molecule has 0 aliphatic heterocycles. The van der Waals surface area contributed by atoms with E-state index in [1.165, 1.54) is 33.5 Å². The first-order chi connectivity index (χ1) is 9.66. The van der Waals surface area contributed by atoms with Crippen LogP contribution in [0.25, 0.3) is 0 Å². The van der Waals surface area contributed by atoms with Crippen molar-refractivity contribution in [3.8, 4) is 17.2 Å². The summed E-state index contributed by atoms with van der Waals surface area (Å²) in [6, 6.07) is 2.61.